The van der Waals surface area contributed by atoms with E-state index in [1.807, 2.05) is 41.0 Å². The van der Waals surface area contributed by atoms with Gasteiger partial charge in [0, 0.05) is 80.1 Å². The van der Waals surface area contributed by atoms with Crippen LogP contribution in [0.15, 0.2) is 84.9 Å². The number of aliphatic hydroxyl groups excluding tert-OH is 2. The number of alkyl halides is 4. The number of methoxy groups -OCH3 is 2. The molecule has 2 fully saturated rings. The Kier molecular flexibility index (Phi) is 15.9. The van der Waals surface area contributed by atoms with Gasteiger partial charge in [0.25, 0.3) is 0 Å². The Hall–Kier alpha value is -7.27. The Labute approximate surface area is 457 Å². The van der Waals surface area contributed by atoms with Crippen LogP contribution in [0.4, 0.5) is 38.5 Å². The number of amides is 3. The summed E-state index contributed by atoms with van der Waals surface area (Å²) in [4.78, 5) is 47.4. The summed E-state index contributed by atoms with van der Waals surface area (Å²) in [6, 6.07) is 24.3. The zero-order chi connectivity index (χ0) is 57.6. The van der Waals surface area contributed by atoms with E-state index in [2.05, 4.69) is 108 Å². The largest absolute Gasteiger partial charge is 0.586 e. The van der Waals surface area contributed by atoms with Crippen molar-refractivity contribution >= 4 is 68.1 Å². The molecule has 18 nitrogen and oxygen atoms in total. The van der Waals surface area contributed by atoms with E-state index in [-0.39, 0.29) is 65.3 Å². The van der Waals surface area contributed by atoms with Crippen LogP contribution in [0, 0.1) is 0 Å². The molecular weight excluding hydrogens is 1060 g/mol. The Morgan fingerprint density at radius 2 is 1.01 bits per heavy atom. The maximum absolute atomic E-state index is 13.5. The van der Waals surface area contributed by atoms with E-state index in [0.717, 1.165) is 33.2 Å². The molecule has 0 radical (unpaired) electrons. The van der Waals surface area contributed by atoms with E-state index >= 15 is 0 Å². The standard InChI is InChI=1S/C28H31F2N3O6.C26H29F2N3O4.C2H3ClO2/c1-26(2,3)23-12-16-11-18(6-7-20(16)33(23)15-19(34)14-31-25(36)37-4)32-24(35)27(9-10-27)17-5-8-21-22(13-17)39-28(29,30)38-21;1-24(2,3)22-11-15-10-17(5-6-19(15)31(22)14-18(32)13-29)30-23(33)25(8-9-25)16-4-7-20-21(12-16)35-26(27,28)34-20;1-5-2(3)4/h5-8,11-13,19,34H,9-10,14-15H2,1-4H3,(H,31,36)(H,32,35);4-7,10-12,18,32H,8-9,13-14,29H2,1-3H3,(H,30,33);1H3/t19-;18-;/m00./s1. The minimum Gasteiger partial charge on any atom is -0.457 e. The number of aromatic nitrogens is 2. The van der Waals surface area contributed by atoms with Crippen molar-refractivity contribution in [3.63, 3.8) is 0 Å². The zero-order valence-corrected chi connectivity index (χ0v) is 45.5. The number of nitrogens with one attached hydrogen (secondary N) is 3. The fourth-order valence-corrected chi connectivity index (χ4v) is 9.71. The summed E-state index contributed by atoms with van der Waals surface area (Å²) in [6.07, 6.45) is -7.16. The van der Waals surface area contributed by atoms with Crippen LogP contribution < -0.4 is 40.6 Å². The Morgan fingerprint density at radius 1 is 0.620 bits per heavy atom. The highest BCUT2D eigenvalue weighted by Crippen LogP contribution is 2.54. The molecule has 2 atom stereocenters. The normalized spacial score (nSPS) is 17.3. The Balaban J connectivity index is 0.000000193. The van der Waals surface area contributed by atoms with Crippen LogP contribution in [0.2, 0.25) is 0 Å². The number of rotatable bonds is 13. The zero-order valence-electron chi connectivity index (χ0n) is 44.7. The topological polar surface area (TPSA) is 236 Å². The lowest BCUT2D eigenvalue weighted by Gasteiger charge is -2.24. The van der Waals surface area contributed by atoms with Gasteiger partial charge in [-0.25, -0.2) is 9.59 Å². The molecular formula is C56H63ClF4N6O12. The maximum atomic E-state index is 13.5. The number of halogens is 5. The fraction of sp³-hybridized carbons (Fsp3) is 0.429. The summed E-state index contributed by atoms with van der Waals surface area (Å²) < 4.78 is 84.3. The quantitative estimate of drug-likeness (QED) is 0.0467. The van der Waals surface area contributed by atoms with E-state index in [1.165, 1.54) is 38.5 Å². The highest BCUT2D eigenvalue weighted by molar-refractivity contribution is 6.61. The van der Waals surface area contributed by atoms with Crippen LogP contribution in [-0.4, -0.2) is 94.8 Å². The highest BCUT2D eigenvalue weighted by Gasteiger charge is 2.54. The van der Waals surface area contributed by atoms with Crippen molar-refractivity contribution in [2.75, 3.05) is 37.9 Å². The number of alkyl carbamates (subject to hydrolysis) is 1. The lowest BCUT2D eigenvalue weighted by atomic mass is 9.92. The molecule has 2 saturated carbocycles. The molecule has 2 aromatic heterocycles. The molecule has 4 aliphatic rings. The van der Waals surface area contributed by atoms with Gasteiger partial charge in [0.1, 0.15) is 0 Å². The number of ether oxygens (including phenoxy) is 6. The molecule has 424 valence electrons. The Morgan fingerprint density at radius 3 is 1.37 bits per heavy atom. The van der Waals surface area contributed by atoms with Crippen LogP contribution >= 0.6 is 11.6 Å². The number of fused-ring (bicyclic) bond motifs is 4. The van der Waals surface area contributed by atoms with Gasteiger partial charge >= 0.3 is 24.1 Å². The first-order valence-electron chi connectivity index (χ1n) is 25.3. The second-order valence-electron chi connectivity index (χ2n) is 21.9. The van der Waals surface area contributed by atoms with Crippen molar-refractivity contribution < 1.29 is 75.4 Å². The number of nitrogens with zero attached hydrogens (tertiary/aromatic N) is 2. The first-order chi connectivity index (χ1) is 37.0. The van der Waals surface area contributed by atoms with Gasteiger partial charge in [0.05, 0.1) is 50.3 Å². The number of carbonyl (C=O) groups excluding carboxylic acids is 4. The molecule has 2 aliphatic heterocycles. The van der Waals surface area contributed by atoms with Gasteiger partial charge in [-0.1, -0.05) is 53.7 Å². The third-order valence-corrected chi connectivity index (χ3v) is 14.2. The summed E-state index contributed by atoms with van der Waals surface area (Å²) >= 11 is 4.60. The van der Waals surface area contributed by atoms with Crippen LogP contribution in [-0.2, 0) is 53.8 Å². The van der Waals surface area contributed by atoms with Crippen molar-refractivity contribution in [1.29, 1.82) is 0 Å². The van der Waals surface area contributed by atoms with Crippen LogP contribution in [0.5, 0.6) is 23.0 Å². The number of carbonyl (C=O) groups is 4. The number of nitrogens with two attached hydrogens (primary N) is 1. The third-order valence-electron chi connectivity index (χ3n) is 14.0. The lowest BCUT2D eigenvalue weighted by Crippen LogP contribution is -2.35. The predicted molar refractivity (Wildman–Crippen MR) is 285 cm³/mol. The molecule has 7 N–H and O–H groups in total. The number of benzene rings is 4. The van der Waals surface area contributed by atoms with E-state index in [1.54, 1.807) is 18.2 Å². The molecule has 2 aliphatic carbocycles. The van der Waals surface area contributed by atoms with Crippen LogP contribution in [0.1, 0.15) is 89.7 Å². The van der Waals surface area contributed by atoms with Crippen molar-refractivity contribution in [3.05, 3.63) is 107 Å². The van der Waals surface area contributed by atoms with Gasteiger partial charge in [-0.15, -0.1) is 17.6 Å². The van der Waals surface area contributed by atoms with E-state index in [0.29, 0.717) is 54.7 Å². The molecule has 4 aromatic carbocycles. The minimum absolute atomic E-state index is 0.0314. The monoisotopic (exact) mass is 1120 g/mol. The van der Waals surface area contributed by atoms with Crippen LogP contribution in [0.25, 0.3) is 21.8 Å². The molecule has 23 heteroatoms. The summed E-state index contributed by atoms with van der Waals surface area (Å²) in [5, 5.41) is 31.1. The molecule has 79 heavy (non-hydrogen) atoms. The van der Waals surface area contributed by atoms with Crippen molar-refractivity contribution in [1.82, 2.24) is 14.5 Å². The smallest absolute Gasteiger partial charge is 0.457 e. The third kappa shape index (κ3) is 12.8. The number of hydrogen-bond donors (Lipinski definition) is 6. The van der Waals surface area contributed by atoms with E-state index < -0.39 is 47.1 Å². The summed E-state index contributed by atoms with van der Waals surface area (Å²) in [7, 11) is 2.48. The number of hydrogen-bond acceptors (Lipinski definition) is 13. The molecule has 3 amide bonds. The van der Waals surface area contributed by atoms with Crippen molar-refractivity contribution in [2.24, 2.45) is 5.73 Å². The van der Waals surface area contributed by atoms with Crippen LogP contribution in [0.3, 0.4) is 0 Å². The van der Waals surface area contributed by atoms with Gasteiger partial charge in [-0.2, -0.15) is 0 Å². The molecule has 6 aromatic rings. The molecule has 0 saturated heterocycles. The van der Waals surface area contributed by atoms with Gasteiger partial charge in [-0.05, 0) is 110 Å². The lowest BCUT2D eigenvalue weighted by molar-refractivity contribution is -0.287. The summed E-state index contributed by atoms with van der Waals surface area (Å²) in [6.45, 7) is 13.3. The van der Waals surface area contributed by atoms with Gasteiger partial charge in [0.15, 0.2) is 23.0 Å². The minimum atomic E-state index is -3.72. The Bertz CT molecular complexity index is 3310. The average Bonchev–Trinajstić information content (AvgIpc) is 4.26. The first-order valence-corrected chi connectivity index (χ1v) is 25.7. The molecule has 10 rings (SSSR count). The second kappa shape index (κ2) is 21.8. The van der Waals surface area contributed by atoms with Crippen molar-refractivity contribution in [3.8, 4) is 23.0 Å². The second-order valence-corrected chi connectivity index (χ2v) is 22.2. The maximum Gasteiger partial charge on any atom is 0.586 e. The first kappa shape index (κ1) is 57.9. The molecule has 0 unspecified atom stereocenters. The van der Waals surface area contributed by atoms with Gasteiger partial charge in [0.2, 0.25) is 11.8 Å². The van der Waals surface area contributed by atoms with Gasteiger partial charge in [-0.3, -0.25) is 9.59 Å². The SMILES string of the molecule is CC(C)(C)c1cc2cc(NC(=O)C3(c4ccc5c(c4)OC(F)(F)O5)CC3)ccc2n1C[C@@H](O)CN.COC(=O)Cl.COC(=O)NC[C@H](O)Cn1c(C(C)(C)C)cc2cc(NC(=O)C3(c4ccc5c(c4)OC(F)(F)O5)CC3)ccc21. The predicted octanol–water partition coefficient (Wildman–Crippen LogP) is 9.89. The number of aliphatic hydroxyl groups is 2. The van der Waals surface area contributed by atoms with E-state index in [4.69, 9.17) is 5.73 Å². The summed E-state index contributed by atoms with van der Waals surface area (Å²) in [5.41, 5.74) is 9.14. The van der Waals surface area contributed by atoms with E-state index in [9.17, 15) is 47.0 Å². The van der Waals surface area contributed by atoms with Gasteiger partial charge < -0.3 is 69.5 Å². The number of anilines is 2. The summed E-state index contributed by atoms with van der Waals surface area (Å²) in [5.74, 6) is -0.680. The molecule has 0 spiro atoms. The fourth-order valence-electron chi connectivity index (χ4n) is 9.71. The molecule has 4 heterocycles. The average molecular weight is 1120 g/mol. The molecule has 0 bridgehead atoms. The van der Waals surface area contributed by atoms with Crippen molar-refractivity contribution in [2.45, 2.75) is 127 Å². The highest BCUT2D eigenvalue weighted by atomic mass is 35.5.